The highest BCUT2D eigenvalue weighted by molar-refractivity contribution is 4.74. The first-order valence-corrected chi connectivity index (χ1v) is 4.15. The van der Waals surface area contributed by atoms with Gasteiger partial charge >= 0.3 is 0 Å². The first kappa shape index (κ1) is 13.4. The number of halogens is 1. The van der Waals surface area contributed by atoms with Gasteiger partial charge in [-0.25, -0.2) is 0 Å². The van der Waals surface area contributed by atoms with Gasteiger partial charge in [-0.05, 0) is 26.4 Å². The predicted molar refractivity (Wildman–Crippen MR) is 46.6 cm³/mol. The van der Waals surface area contributed by atoms with Crippen LogP contribution in [0.4, 0.5) is 4.70 Å². The topological polar surface area (TPSA) is 23.5 Å². The van der Waals surface area contributed by atoms with Gasteiger partial charge in [-0.1, -0.05) is 13.8 Å². The van der Waals surface area contributed by atoms with Crippen molar-refractivity contribution in [1.29, 1.82) is 0 Å². The molecular weight excluding hydrogens is 145 g/mol. The molecule has 0 aromatic carbocycles. The third-order valence-corrected chi connectivity index (χ3v) is 1.88. The number of hydrogen-bond donors (Lipinski definition) is 1. The summed E-state index contributed by atoms with van der Waals surface area (Å²) in [6, 6.07) is 0.454. The van der Waals surface area contributed by atoms with E-state index in [4.69, 9.17) is 5.11 Å². The molecule has 0 bridgehead atoms. The van der Waals surface area contributed by atoms with Crippen molar-refractivity contribution in [3.05, 3.63) is 0 Å². The summed E-state index contributed by atoms with van der Waals surface area (Å²) in [5.41, 5.74) is 0. The predicted octanol–water partition coefficient (Wildman–Crippen LogP) is 1.25. The highest BCUT2D eigenvalue weighted by atomic mass is 19.0. The van der Waals surface area contributed by atoms with E-state index in [1.807, 2.05) is 13.8 Å². The van der Waals surface area contributed by atoms with E-state index in [0.717, 1.165) is 6.54 Å². The lowest BCUT2D eigenvalue weighted by Crippen LogP contribution is -2.27. The van der Waals surface area contributed by atoms with Gasteiger partial charge in [0.05, 0.1) is 6.61 Å². The maximum Gasteiger partial charge on any atom is 0.0586 e. The van der Waals surface area contributed by atoms with E-state index < -0.39 is 0 Å². The molecule has 0 aromatic heterocycles. The summed E-state index contributed by atoms with van der Waals surface area (Å²) >= 11 is 0. The number of aliphatic hydroxyl groups excluding tert-OH is 1. The van der Waals surface area contributed by atoms with Crippen LogP contribution in [0.5, 0.6) is 0 Å². The lowest BCUT2D eigenvalue weighted by molar-refractivity contribution is 0.182. The van der Waals surface area contributed by atoms with Crippen molar-refractivity contribution < 1.29 is 9.81 Å². The molecule has 1 aliphatic heterocycles. The van der Waals surface area contributed by atoms with Crippen LogP contribution in [-0.4, -0.2) is 36.2 Å². The summed E-state index contributed by atoms with van der Waals surface area (Å²) in [5.74, 6) is 0. The molecule has 3 heteroatoms. The average Bonchev–Trinajstić information content (AvgIpc) is 2.39. The Morgan fingerprint density at radius 3 is 2.18 bits per heavy atom. The van der Waals surface area contributed by atoms with Crippen LogP contribution in [0.1, 0.15) is 26.7 Å². The third kappa shape index (κ3) is 4.32. The van der Waals surface area contributed by atoms with Gasteiger partial charge in [0.15, 0.2) is 0 Å². The maximum absolute atomic E-state index is 8.69. The standard InChI is InChI=1S/C6H13NO.C2H6.FH/c1-7-4-2-3-6(7)5-8;1-2;/h6,8H,2-5H2,1H3;1-2H3;1H. The molecule has 0 aliphatic carbocycles. The molecule has 2 nitrogen and oxygen atoms in total. The normalized spacial score (nSPS) is 23.5. The second kappa shape index (κ2) is 7.95. The lowest BCUT2D eigenvalue weighted by Gasteiger charge is -2.15. The Kier molecular flexibility index (Phi) is 9.72. The van der Waals surface area contributed by atoms with E-state index in [2.05, 4.69) is 11.9 Å². The van der Waals surface area contributed by atoms with Gasteiger partial charge in [-0.3, -0.25) is 4.70 Å². The average molecular weight is 165 g/mol. The fraction of sp³-hybridized carbons (Fsp3) is 1.00. The van der Waals surface area contributed by atoms with Crippen molar-refractivity contribution >= 4 is 0 Å². The fourth-order valence-electron chi connectivity index (χ4n) is 1.21. The Balaban J connectivity index is 0. The van der Waals surface area contributed by atoms with Crippen LogP contribution in [-0.2, 0) is 0 Å². The van der Waals surface area contributed by atoms with Crippen molar-refractivity contribution in [2.24, 2.45) is 0 Å². The molecule has 11 heavy (non-hydrogen) atoms. The van der Waals surface area contributed by atoms with Crippen molar-refractivity contribution in [3.8, 4) is 0 Å². The Bertz CT molecular complexity index is 80.5. The number of aliphatic hydroxyl groups is 1. The third-order valence-electron chi connectivity index (χ3n) is 1.88. The van der Waals surface area contributed by atoms with E-state index in [1.54, 1.807) is 0 Å². The van der Waals surface area contributed by atoms with Crippen LogP contribution in [0.25, 0.3) is 0 Å². The van der Waals surface area contributed by atoms with Crippen LogP contribution >= 0.6 is 0 Å². The van der Waals surface area contributed by atoms with Crippen molar-refractivity contribution in [1.82, 2.24) is 4.90 Å². The molecule has 1 N–H and O–H groups in total. The van der Waals surface area contributed by atoms with E-state index in [1.165, 1.54) is 12.8 Å². The minimum atomic E-state index is 0. The van der Waals surface area contributed by atoms with Crippen LogP contribution in [0.3, 0.4) is 0 Å². The molecule has 0 saturated carbocycles. The molecule has 1 unspecified atom stereocenters. The summed E-state index contributed by atoms with van der Waals surface area (Å²) in [6.07, 6.45) is 2.43. The van der Waals surface area contributed by atoms with Crippen LogP contribution < -0.4 is 0 Å². The van der Waals surface area contributed by atoms with E-state index in [9.17, 15) is 0 Å². The smallest absolute Gasteiger partial charge is 0.0586 e. The first-order valence-electron chi connectivity index (χ1n) is 4.15. The number of hydrogen-bond acceptors (Lipinski definition) is 2. The van der Waals surface area contributed by atoms with Gasteiger partial charge < -0.3 is 10.0 Å². The van der Waals surface area contributed by atoms with Gasteiger partial charge in [0, 0.05) is 6.04 Å². The number of likely N-dealkylation sites (N-methyl/N-ethyl adjacent to an activating group) is 1. The zero-order valence-corrected chi connectivity index (χ0v) is 7.71. The van der Waals surface area contributed by atoms with Gasteiger partial charge in [-0.15, -0.1) is 0 Å². The van der Waals surface area contributed by atoms with Gasteiger partial charge in [0.2, 0.25) is 0 Å². The molecule has 1 rings (SSSR count). The quantitative estimate of drug-likeness (QED) is 0.632. The summed E-state index contributed by atoms with van der Waals surface area (Å²) < 4.78 is 0. The Morgan fingerprint density at radius 1 is 1.45 bits per heavy atom. The van der Waals surface area contributed by atoms with Gasteiger partial charge in [-0.2, -0.15) is 0 Å². The van der Waals surface area contributed by atoms with Crippen molar-refractivity contribution in [3.63, 3.8) is 0 Å². The van der Waals surface area contributed by atoms with Crippen LogP contribution in [0.2, 0.25) is 0 Å². The molecule has 1 heterocycles. The largest absolute Gasteiger partial charge is 0.395 e. The second-order valence-corrected chi connectivity index (χ2v) is 2.46. The minimum absolute atomic E-state index is 0. The lowest BCUT2D eigenvalue weighted by atomic mass is 10.2. The zero-order valence-electron chi connectivity index (χ0n) is 7.71. The monoisotopic (exact) mass is 165 g/mol. The molecule has 0 radical (unpaired) electrons. The maximum atomic E-state index is 8.69. The Labute approximate surface area is 68.6 Å². The molecule has 0 aromatic rings. The molecule has 1 aliphatic rings. The summed E-state index contributed by atoms with van der Waals surface area (Å²) in [5, 5.41) is 8.69. The number of likely N-dealkylation sites (tertiary alicyclic amines) is 1. The van der Waals surface area contributed by atoms with Crippen LogP contribution in [0, 0.1) is 0 Å². The fourth-order valence-corrected chi connectivity index (χ4v) is 1.21. The summed E-state index contributed by atoms with van der Waals surface area (Å²) in [7, 11) is 2.06. The number of nitrogens with zero attached hydrogens (tertiary/aromatic N) is 1. The Hall–Kier alpha value is -0.150. The SMILES string of the molecule is CC.CN1CCCC1CO.F. The molecule has 0 spiro atoms. The number of rotatable bonds is 1. The zero-order chi connectivity index (χ0) is 7.98. The van der Waals surface area contributed by atoms with Crippen molar-refractivity contribution in [2.45, 2.75) is 32.7 Å². The molecule has 1 atom stereocenters. The molecule has 1 saturated heterocycles. The van der Waals surface area contributed by atoms with E-state index in [-0.39, 0.29) is 4.70 Å². The molecule has 70 valence electrons. The van der Waals surface area contributed by atoms with E-state index in [0.29, 0.717) is 12.6 Å². The van der Waals surface area contributed by atoms with Crippen molar-refractivity contribution in [2.75, 3.05) is 20.2 Å². The minimum Gasteiger partial charge on any atom is -0.395 e. The van der Waals surface area contributed by atoms with Gasteiger partial charge in [0.1, 0.15) is 0 Å². The highest BCUT2D eigenvalue weighted by Crippen LogP contribution is 2.12. The van der Waals surface area contributed by atoms with E-state index >= 15 is 0 Å². The highest BCUT2D eigenvalue weighted by Gasteiger charge is 2.18. The molecular formula is C8H20FNO. The first-order chi connectivity index (χ1) is 4.84. The second-order valence-electron chi connectivity index (χ2n) is 2.46. The Morgan fingerprint density at radius 2 is 2.00 bits per heavy atom. The summed E-state index contributed by atoms with van der Waals surface area (Å²) in [6.45, 7) is 5.49. The molecule has 1 fully saturated rings. The van der Waals surface area contributed by atoms with Gasteiger partial charge in [0.25, 0.3) is 0 Å². The van der Waals surface area contributed by atoms with Crippen LogP contribution in [0.15, 0.2) is 0 Å². The molecule has 0 amide bonds. The summed E-state index contributed by atoms with van der Waals surface area (Å²) in [4.78, 5) is 2.21.